The van der Waals surface area contributed by atoms with Crippen molar-refractivity contribution >= 4 is 55.0 Å². The van der Waals surface area contributed by atoms with E-state index in [1.807, 2.05) is 38.1 Å². The first-order valence-electron chi connectivity index (χ1n) is 11.6. The molecule has 1 heterocycles. The summed E-state index contributed by atoms with van der Waals surface area (Å²) < 4.78 is 38.8. The van der Waals surface area contributed by atoms with Crippen LogP contribution in [0.2, 0.25) is 0 Å². The van der Waals surface area contributed by atoms with Crippen LogP contribution in [0.5, 0.6) is 0 Å². The molecule has 0 aliphatic carbocycles. The van der Waals surface area contributed by atoms with Gasteiger partial charge in [0.25, 0.3) is 5.91 Å². The van der Waals surface area contributed by atoms with Crippen LogP contribution in [0.25, 0.3) is 10.2 Å². The van der Waals surface area contributed by atoms with E-state index in [4.69, 9.17) is 14.5 Å². The number of halogens is 1. The number of methoxy groups -OCH3 is 2. The summed E-state index contributed by atoms with van der Waals surface area (Å²) >= 11 is 1.47. The van der Waals surface area contributed by atoms with Crippen LogP contribution in [0.15, 0.2) is 47.4 Å². The molecule has 9 nitrogen and oxygen atoms in total. The molecular weight excluding hydrogens is 536 g/mol. The van der Waals surface area contributed by atoms with Gasteiger partial charge in [0.2, 0.25) is 10.0 Å². The Kier molecular flexibility index (Phi) is 11.9. The molecule has 3 rings (SSSR count). The number of likely N-dealkylation sites (N-methyl/N-ethyl adjacent to an activating group) is 1. The van der Waals surface area contributed by atoms with Crippen molar-refractivity contribution in [2.24, 2.45) is 0 Å². The minimum Gasteiger partial charge on any atom is -0.383 e. The molecule has 204 valence electrons. The minimum absolute atomic E-state index is 0. The number of hydrogen-bond acceptors (Lipinski definition) is 8. The molecule has 0 aliphatic rings. The lowest BCUT2D eigenvalue weighted by atomic mass is 10.2. The van der Waals surface area contributed by atoms with Crippen molar-refractivity contribution in [3.63, 3.8) is 0 Å². The van der Waals surface area contributed by atoms with Crippen molar-refractivity contribution in [1.29, 1.82) is 0 Å². The maximum atomic E-state index is 13.6. The summed E-state index contributed by atoms with van der Waals surface area (Å²) in [5.41, 5.74) is 2.37. The number of carbonyl (C=O) groups excluding carboxylic acids is 1. The monoisotopic (exact) mass is 570 g/mol. The van der Waals surface area contributed by atoms with Gasteiger partial charge in [-0.25, -0.2) is 13.4 Å². The number of sulfonamides is 1. The second kappa shape index (κ2) is 14.1. The van der Waals surface area contributed by atoms with Gasteiger partial charge in [0, 0.05) is 46.0 Å². The maximum Gasteiger partial charge on any atom is 0.260 e. The van der Waals surface area contributed by atoms with Gasteiger partial charge in [0.05, 0.1) is 28.3 Å². The largest absolute Gasteiger partial charge is 0.383 e. The van der Waals surface area contributed by atoms with E-state index in [2.05, 4.69) is 6.07 Å². The summed E-state index contributed by atoms with van der Waals surface area (Å²) in [6, 6.07) is 12.1. The van der Waals surface area contributed by atoms with E-state index < -0.39 is 10.0 Å². The fourth-order valence-electron chi connectivity index (χ4n) is 3.53. The zero-order valence-corrected chi connectivity index (χ0v) is 24.3. The van der Waals surface area contributed by atoms with Crippen LogP contribution in [-0.2, 0) is 19.5 Å². The van der Waals surface area contributed by atoms with Gasteiger partial charge in [0.1, 0.15) is 0 Å². The summed E-state index contributed by atoms with van der Waals surface area (Å²) in [5.74, 6) is -0.229. The molecule has 0 N–H and O–H groups in total. The standard InChI is InChI=1S/C25H34N4O5S2.ClH/c1-19-6-11-22-23(18-19)35-25(26-22)29(13-12-27(2)3)24(30)20-7-9-21(10-8-20)36(31,32)28(14-16-33-4)15-17-34-5;/h6-11,18H,12-17H2,1-5H3;1H. The number of rotatable bonds is 13. The third kappa shape index (κ3) is 7.93. The molecule has 0 atom stereocenters. The average molecular weight is 571 g/mol. The van der Waals surface area contributed by atoms with Crippen molar-refractivity contribution in [1.82, 2.24) is 14.2 Å². The Hall–Kier alpha value is -2.12. The second-order valence-corrected chi connectivity index (χ2v) is 11.6. The van der Waals surface area contributed by atoms with E-state index in [0.717, 1.165) is 15.8 Å². The predicted molar refractivity (Wildman–Crippen MR) is 151 cm³/mol. The molecule has 3 aromatic rings. The number of aryl methyl sites for hydroxylation is 1. The zero-order chi connectivity index (χ0) is 26.3. The first-order valence-corrected chi connectivity index (χ1v) is 13.8. The van der Waals surface area contributed by atoms with Crippen LogP contribution in [0, 0.1) is 6.92 Å². The number of fused-ring (bicyclic) bond motifs is 1. The number of anilines is 1. The number of aromatic nitrogens is 1. The molecule has 0 bridgehead atoms. The van der Waals surface area contributed by atoms with E-state index >= 15 is 0 Å². The highest BCUT2D eigenvalue weighted by Gasteiger charge is 2.26. The highest BCUT2D eigenvalue weighted by molar-refractivity contribution is 7.89. The van der Waals surface area contributed by atoms with E-state index in [1.165, 1.54) is 42.0 Å². The SMILES string of the molecule is COCCN(CCOC)S(=O)(=O)c1ccc(C(=O)N(CCN(C)C)c2nc3ccc(C)cc3s2)cc1.Cl. The van der Waals surface area contributed by atoms with Gasteiger partial charge < -0.3 is 14.4 Å². The fraction of sp³-hybridized carbons (Fsp3) is 0.440. The molecule has 0 radical (unpaired) electrons. The maximum absolute atomic E-state index is 13.6. The molecule has 2 aromatic carbocycles. The quantitative estimate of drug-likeness (QED) is 0.310. The molecule has 12 heteroatoms. The Bertz CT molecular complexity index is 1260. The number of nitrogens with zero attached hydrogens (tertiary/aromatic N) is 4. The van der Waals surface area contributed by atoms with Gasteiger partial charge in [-0.15, -0.1) is 12.4 Å². The fourth-order valence-corrected chi connectivity index (χ4v) is 6.03. The lowest BCUT2D eigenvalue weighted by molar-refractivity contribution is 0.0985. The molecule has 0 unspecified atom stereocenters. The van der Waals surface area contributed by atoms with Gasteiger partial charge >= 0.3 is 0 Å². The van der Waals surface area contributed by atoms with Crippen molar-refractivity contribution in [2.75, 3.05) is 72.6 Å². The Morgan fingerprint density at radius 2 is 1.57 bits per heavy atom. The average Bonchev–Trinajstić information content (AvgIpc) is 3.26. The Morgan fingerprint density at radius 1 is 0.946 bits per heavy atom. The van der Waals surface area contributed by atoms with Crippen LogP contribution in [-0.4, -0.2) is 96.2 Å². The first kappa shape index (κ1) is 31.1. The lowest BCUT2D eigenvalue weighted by Crippen LogP contribution is -2.37. The van der Waals surface area contributed by atoms with E-state index in [0.29, 0.717) is 23.8 Å². The Balaban J connectivity index is 0.00000481. The van der Waals surface area contributed by atoms with Gasteiger partial charge in [0.15, 0.2) is 5.13 Å². The second-order valence-electron chi connectivity index (χ2n) is 8.64. The van der Waals surface area contributed by atoms with E-state index in [1.54, 1.807) is 17.0 Å². The summed E-state index contributed by atoms with van der Waals surface area (Å²) in [7, 11) is 3.17. The smallest absolute Gasteiger partial charge is 0.260 e. The van der Waals surface area contributed by atoms with Crippen LogP contribution < -0.4 is 4.90 Å². The highest BCUT2D eigenvalue weighted by atomic mass is 35.5. The molecule has 0 saturated heterocycles. The Morgan fingerprint density at radius 3 is 2.14 bits per heavy atom. The summed E-state index contributed by atoms with van der Waals surface area (Å²) in [6.45, 7) is 4.07. The van der Waals surface area contributed by atoms with Gasteiger partial charge in [-0.3, -0.25) is 9.69 Å². The van der Waals surface area contributed by atoms with Crippen molar-refractivity contribution < 1.29 is 22.7 Å². The third-order valence-corrected chi connectivity index (χ3v) is 8.56. The first-order chi connectivity index (χ1) is 17.2. The highest BCUT2D eigenvalue weighted by Crippen LogP contribution is 2.30. The topological polar surface area (TPSA) is 92.3 Å². The van der Waals surface area contributed by atoms with Crippen LogP contribution in [0.3, 0.4) is 0 Å². The molecule has 37 heavy (non-hydrogen) atoms. The van der Waals surface area contributed by atoms with Gasteiger partial charge in [-0.05, 0) is 63.0 Å². The number of hydrogen-bond donors (Lipinski definition) is 0. The van der Waals surface area contributed by atoms with Crippen molar-refractivity contribution in [2.45, 2.75) is 11.8 Å². The predicted octanol–water partition coefficient (Wildman–Crippen LogP) is 3.52. The summed E-state index contributed by atoms with van der Waals surface area (Å²) in [6.07, 6.45) is 0. The summed E-state index contributed by atoms with van der Waals surface area (Å²) in [5, 5.41) is 0.615. The molecule has 0 spiro atoms. The van der Waals surface area contributed by atoms with Crippen LogP contribution in [0.4, 0.5) is 5.13 Å². The van der Waals surface area contributed by atoms with Crippen LogP contribution in [0.1, 0.15) is 15.9 Å². The Labute approximate surface area is 229 Å². The number of thiazole rings is 1. The number of benzene rings is 2. The normalized spacial score (nSPS) is 11.8. The van der Waals surface area contributed by atoms with Gasteiger partial charge in [-0.2, -0.15) is 4.31 Å². The lowest BCUT2D eigenvalue weighted by Gasteiger charge is -2.23. The zero-order valence-electron chi connectivity index (χ0n) is 21.8. The summed E-state index contributed by atoms with van der Waals surface area (Å²) in [4.78, 5) is 22.0. The van der Waals surface area contributed by atoms with Crippen molar-refractivity contribution in [3.8, 4) is 0 Å². The number of carbonyl (C=O) groups is 1. The molecule has 1 amide bonds. The molecular formula is C25H35ClN4O5S2. The number of ether oxygens (including phenoxy) is 2. The number of amides is 1. The van der Waals surface area contributed by atoms with E-state index in [-0.39, 0.29) is 49.5 Å². The van der Waals surface area contributed by atoms with Gasteiger partial charge in [-0.1, -0.05) is 17.4 Å². The molecule has 0 fully saturated rings. The van der Waals surface area contributed by atoms with E-state index in [9.17, 15) is 13.2 Å². The minimum atomic E-state index is -3.77. The molecule has 0 saturated carbocycles. The third-order valence-electron chi connectivity index (χ3n) is 5.61. The van der Waals surface area contributed by atoms with Crippen LogP contribution >= 0.6 is 23.7 Å². The molecule has 1 aromatic heterocycles. The molecule has 0 aliphatic heterocycles. The van der Waals surface area contributed by atoms with Crippen molar-refractivity contribution in [3.05, 3.63) is 53.6 Å².